The van der Waals surface area contributed by atoms with Crippen LogP contribution < -0.4 is 10.2 Å². The summed E-state index contributed by atoms with van der Waals surface area (Å²) in [7, 11) is 0. The number of unbranched alkanes of at least 4 members (excludes halogenated alkanes) is 1. The van der Waals surface area contributed by atoms with Crippen molar-refractivity contribution in [2.75, 3.05) is 30.0 Å². The Hall–Kier alpha value is -3.68. The number of amides is 2. The Kier molecular flexibility index (Phi) is 8.79. The van der Waals surface area contributed by atoms with Crippen LogP contribution in [-0.4, -0.2) is 43.5 Å². The smallest absolute Gasteiger partial charge is 0.338 e. The molecule has 1 atom stereocenters. The lowest BCUT2D eigenvalue weighted by atomic mass is 10.1. The molecule has 1 fully saturated rings. The third kappa shape index (κ3) is 6.43. The standard InChI is InChI=1S/C26H30N2O6/c1-3-5-14-33-25(31)19-10-12-21(13-11-19)27-23(29)17-34-26(32)20-15-24(30)28(16-20)22-9-7-6-8-18(22)4-2/h6-13,20H,3-5,14-17H2,1-2H3,(H,27,29)/t20-/m1/s1. The first-order chi connectivity index (χ1) is 16.4. The Morgan fingerprint density at radius 2 is 1.76 bits per heavy atom. The lowest BCUT2D eigenvalue weighted by molar-refractivity contribution is -0.151. The minimum absolute atomic E-state index is 0.0499. The normalized spacial score (nSPS) is 15.2. The van der Waals surface area contributed by atoms with Gasteiger partial charge in [-0.1, -0.05) is 38.5 Å². The van der Waals surface area contributed by atoms with Gasteiger partial charge < -0.3 is 19.7 Å². The summed E-state index contributed by atoms with van der Waals surface area (Å²) in [6.07, 6.45) is 2.56. The third-order valence-corrected chi connectivity index (χ3v) is 5.60. The van der Waals surface area contributed by atoms with Crippen LogP contribution >= 0.6 is 0 Å². The van der Waals surface area contributed by atoms with Crippen molar-refractivity contribution in [2.45, 2.75) is 39.5 Å². The summed E-state index contributed by atoms with van der Waals surface area (Å²) in [5.41, 5.74) is 2.69. The highest BCUT2D eigenvalue weighted by Crippen LogP contribution is 2.29. The zero-order valence-electron chi connectivity index (χ0n) is 19.5. The van der Waals surface area contributed by atoms with Crippen molar-refractivity contribution >= 4 is 35.1 Å². The van der Waals surface area contributed by atoms with Crippen molar-refractivity contribution in [1.29, 1.82) is 0 Å². The summed E-state index contributed by atoms with van der Waals surface area (Å²) in [6.45, 7) is 4.16. The molecule has 3 rings (SSSR count). The monoisotopic (exact) mass is 466 g/mol. The Balaban J connectivity index is 1.47. The van der Waals surface area contributed by atoms with Crippen molar-refractivity contribution < 1.29 is 28.7 Å². The quantitative estimate of drug-likeness (QED) is 0.423. The molecule has 2 aromatic carbocycles. The number of aryl methyl sites for hydroxylation is 1. The van der Waals surface area contributed by atoms with Crippen LogP contribution in [0.5, 0.6) is 0 Å². The van der Waals surface area contributed by atoms with Crippen LogP contribution in [0.15, 0.2) is 48.5 Å². The van der Waals surface area contributed by atoms with E-state index in [0.29, 0.717) is 17.9 Å². The lowest BCUT2D eigenvalue weighted by Crippen LogP contribution is -2.28. The molecule has 2 aromatic rings. The number of ether oxygens (including phenoxy) is 2. The second-order valence-electron chi connectivity index (χ2n) is 8.11. The molecule has 1 saturated heterocycles. The van der Waals surface area contributed by atoms with E-state index in [1.54, 1.807) is 29.2 Å². The van der Waals surface area contributed by atoms with E-state index in [4.69, 9.17) is 9.47 Å². The fourth-order valence-electron chi connectivity index (χ4n) is 3.71. The first-order valence-corrected chi connectivity index (χ1v) is 11.5. The Labute approximate surface area is 199 Å². The van der Waals surface area contributed by atoms with Gasteiger partial charge in [-0.2, -0.15) is 0 Å². The largest absolute Gasteiger partial charge is 0.462 e. The van der Waals surface area contributed by atoms with Crippen LogP contribution in [0.2, 0.25) is 0 Å². The molecule has 0 radical (unpaired) electrons. The Morgan fingerprint density at radius 3 is 2.47 bits per heavy atom. The van der Waals surface area contributed by atoms with Gasteiger partial charge in [0.05, 0.1) is 18.1 Å². The molecule has 1 aliphatic rings. The summed E-state index contributed by atoms with van der Waals surface area (Å²) >= 11 is 0. The summed E-state index contributed by atoms with van der Waals surface area (Å²) in [5.74, 6) is -2.26. The van der Waals surface area contributed by atoms with Gasteiger partial charge >= 0.3 is 11.9 Å². The zero-order valence-corrected chi connectivity index (χ0v) is 19.5. The summed E-state index contributed by atoms with van der Waals surface area (Å²) < 4.78 is 10.3. The molecule has 180 valence electrons. The predicted molar refractivity (Wildman–Crippen MR) is 128 cm³/mol. The molecule has 8 heteroatoms. The fourth-order valence-corrected chi connectivity index (χ4v) is 3.71. The molecule has 1 N–H and O–H groups in total. The average Bonchev–Trinajstić information content (AvgIpc) is 3.24. The third-order valence-electron chi connectivity index (χ3n) is 5.60. The van der Waals surface area contributed by atoms with Gasteiger partial charge in [-0.3, -0.25) is 14.4 Å². The maximum absolute atomic E-state index is 12.5. The minimum atomic E-state index is -0.622. The molecule has 0 aromatic heterocycles. The molecule has 2 amide bonds. The SMILES string of the molecule is CCCCOC(=O)c1ccc(NC(=O)COC(=O)[C@@H]2CC(=O)N(c3ccccc3CC)C2)cc1. The van der Waals surface area contributed by atoms with Crippen molar-refractivity contribution in [3.05, 3.63) is 59.7 Å². The molecule has 0 aliphatic carbocycles. The number of hydrogen-bond acceptors (Lipinski definition) is 6. The Morgan fingerprint density at radius 1 is 1.03 bits per heavy atom. The van der Waals surface area contributed by atoms with E-state index in [1.807, 2.05) is 38.1 Å². The van der Waals surface area contributed by atoms with Gasteiger partial charge in [-0.05, 0) is 48.7 Å². The van der Waals surface area contributed by atoms with Crippen molar-refractivity contribution in [3.63, 3.8) is 0 Å². The van der Waals surface area contributed by atoms with E-state index in [0.717, 1.165) is 30.5 Å². The first kappa shape index (κ1) is 25.0. The fraction of sp³-hybridized carbons (Fsp3) is 0.385. The van der Waals surface area contributed by atoms with Crippen LogP contribution in [0.25, 0.3) is 0 Å². The van der Waals surface area contributed by atoms with Gasteiger partial charge in [0.2, 0.25) is 5.91 Å². The predicted octanol–water partition coefficient (Wildman–Crippen LogP) is 3.74. The van der Waals surface area contributed by atoms with E-state index >= 15 is 0 Å². The van der Waals surface area contributed by atoms with Crippen molar-refractivity contribution in [2.24, 2.45) is 5.92 Å². The van der Waals surface area contributed by atoms with Crippen molar-refractivity contribution in [1.82, 2.24) is 0 Å². The second kappa shape index (κ2) is 12.0. The molecule has 1 heterocycles. The van der Waals surface area contributed by atoms with E-state index in [2.05, 4.69) is 5.32 Å². The average molecular weight is 467 g/mol. The molecule has 1 aliphatic heterocycles. The molecule has 8 nitrogen and oxygen atoms in total. The zero-order chi connectivity index (χ0) is 24.5. The maximum Gasteiger partial charge on any atom is 0.338 e. The molecule has 0 spiro atoms. The van der Waals surface area contributed by atoms with Gasteiger partial charge in [-0.25, -0.2) is 4.79 Å². The number of esters is 2. The summed E-state index contributed by atoms with van der Waals surface area (Å²) in [5, 5.41) is 2.62. The van der Waals surface area contributed by atoms with Gasteiger partial charge in [0.25, 0.3) is 5.91 Å². The van der Waals surface area contributed by atoms with Gasteiger partial charge in [0, 0.05) is 24.3 Å². The molecule has 0 bridgehead atoms. The number of nitrogens with zero attached hydrogens (tertiary/aromatic N) is 1. The highest BCUT2D eigenvalue weighted by Gasteiger charge is 2.37. The number of benzene rings is 2. The minimum Gasteiger partial charge on any atom is -0.462 e. The highest BCUT2D eigenvalue weighted by atomic mass is 16.5. The highest BCUT2D eigenvalue weighted by molar-refractivity contribution is 6.00. The number of rotatable bonds is 10. The van der Waals surface area contributed by atoms with E-state index in [1.165, 1.54) is 0 Å². The van der Waals surface area contributed by atoms with Gasteiger partial charge in [-0.15, -0.1) is 0 Å². The molecular weight excluding hydrogens is 436 g/mol. The summed E-state index contributed by atoms with van der Waals surface area (Å²) in [4.78, 5) is 50.7. The van der Waals surface area contributed by atoms with E-state index < -0.39 is 30.4 Å². The lowest BCUT2D eigenvalue weighted by Gasteiger charge is -2.19. The topological polar surface area (TPSA) is 102 Å². The van der Waals surface area contributed by atoms with Crippen LogP contribution in [0.4, 0.5) is 11.4 Å². The molecular formula is C26H30N2O6. The first-order valence-electron chi connectivity index (χ1n) is 11.5. The van der Waals surface area contributed by atoms with Gasteiger partial charge in [0.1, 0.15) is 0 Å². The molecule has 0 unspecified atom stereocenters. The number of para-hydroxylation sites is 1. The van der Waals surface area contributed by atoms with Crippen LogP contribution in [0.3, 0.4) is 0 Å². The van der Waals surface area contributed by atoms with Crippen molar-refractivity contribution in [3.8, 4) is 0 Å². The van der Waals surface area contributed by atoms with E-state index in [-0.39, 0.29) is 18.9 Å². The molecule has 0 saturated carbocycles. The van der Waals surface area contributed by atoms with Gasteiger partial charge in [0.15, 0.2) is 6.61 Å². The molecule has 34 heavy (non-hydrogen) atoms. The number of anilines is 2. The van der Waals surface area contributed by atoms with Crippen LogP contribution in [0.1, 0.15) is 49.0 Å². The van der Waals surface area contributed by atoms with Crippen LogP contribution in [0, 0.1) is 5.92 Å². The van der Waals surface area contributed by atoms with Crippen LogP contribution in [-0.2, 0) is 30.3 Å². The van der Waals surface area contributed by atoms with E-state index in [9.17, 15) is 19.2 Å². The second-order valence-corrected chi connectivity index (χ2v) is 8.11. The summed E-state index contributed by atoms with van der Waals surface area (Å²) in [6, 6.07) is 13.9. The number of hydrogen-bond donors (Lipinski definition) is 1. The Bertz CT molecular complexity index is 1030. The maximum atomic E-state index is 12.5. The number of carbonyl (C=O) groups is 4. The number of nitrogens with one attached hydrogen (secondary N) is 1. The number of carbonyl (C=O) groups excluding carboxylic acids is 4.